The molecule has 2 aromatic rings. The van der Waals surface area contributed by atoms with Crippen LogP contribution >= 0.6 is 0 Å². The molecular formula is C24H28O2. The van der Waals surface area contributed by atoms with Crippen LogP contribution < -0.4 is 0 Å². The summed E-state index contributed by atoms with van der Waals surface area (Å²) in [5.41, 5.74) is 6.19. The highest BCUT2D eigenvalue weighted by molar-refractivity contribution is 5.83. The summed E-state index contributed by atoms with van der Waals surface area (Å²) in [6.45, 7) is 11.5. The van der Waals surface area contributed by atoms with Crippen molar-refractivity contribution in [1.82, 2.24) is 0 Å². The van der Waals surface area contributed by atoms with Crippen molar-refractivity contribution in [3.63, 3.8) is 0 Å². The number of carbonyl (C=O) groups excluding carboxylic acids is 1. The molecule has 0 spiro atoms. The van der Waals surface area contributed by atoms with Gasteiger partial charge in [-0.05, 0) is 54.5 Å². The Kier molecular flexibility index (Phi) is 6.70. The zero-order chi connectivity index (χ0) is 19.2. The number of hydrogen-bond donors (Lipinski definition) is 1. The van der Waals surface area contributed by atoms with Gasteiger partial charge in [-0.25, -0.2) is 0 Å². The van der Waals surface area contributed by atoms with E-state index in [1.165, 1.54) is 22.3 Å². The molecule has 0 bridgehead atoms. The Hall–Kier alpha value is -2.45. The van der Waals surface area contributed by atoms with Gasteiger partial charge < -0.3 is 5.11 Å². The molecule has 0 saturated carbocycles. The average Bonchev–Trinajstić information content (AvgIpc) is 2.86. The number of hydrogen-bond acceptors (Lipinski definition) is 2. The summed E-state index contributed by atoms with van der Waals surface area (Å²) >= 11 is 0. The van der Waals surface area contributed by atoms with Crippen LogP contribution in [0.15, 0.2) is 67.8 Å². The zero-order valence-electron chi connectivity index (χ0n) is 15.8. The minimum Gasteiger partial charge on any atom is -0.397 e. The minimum atomic E-state index is -0.109. The molecule has 0 atom stereocenters. The highest BCUT2D eigenvalue weighted by Crippen LogP contribution is 2.53. The third-order valence-corrected chi connectivity index (χ3v) is 4.77. The molecule has 2 nitrogen and oxygen atoms in total. The van der Waals surface area contributed by atoms with Crippen molar-refractivity contribution < 1.29 is 9.90 Å². The fourth-order valence-electron chi connectivity index (χ4n) is 3.92. The van der Waals surface area contributed by atoms with Crippen molar-refractivity contribution in [2.24, 2.45) is 0 Å². The van der Waals surface area contributed by atoms with E-state index in [2.05, 4.69) is 55.6 Å². The number of aliphatic hydroxyl groups is 1. The first-order valence-electron chi connectivity index (χ1n) is 9.09. The molecule has 0 aliphatic heterocycles. The van der Waals surface area contributed by atoms with Crippen LogP contribution in [0.4, 0.5) is 0 Å². The number of carbonyl (C=O) groups is 1. The number of aliphatic hydroxyl groups excluding tert-OH is 1. The fourth-order valence-corrected chi connectivity index (χ4v) is 3.92. The Morgan fingerprint density at radius 3 is 2.19 bits per heavy atom. The lowest BCUT2D eigenvalue weighted by Crippen LogP contribution is -2.24. The molecular weight excluding hydrogens is 320 g/mol. The van der Waals surface area contributed by atoms with E-state index in [0.29, 0.717) is 6.42 Å². The molecule has 26 heavy (non-hydrogen) atoms. The first kappa shape index (κ1) is 19.9. The molecule has 136 valence electrons. The molecule has 1 N–H and O–H groups in total. The summed E-state index contributed by atoms with van der Waals surface area (Å²) in [6, 6.07) is 15.0. The van der Waals surface area contributed by atoms with Crippen LogP contribution in [-0.4, -0.2) is 17.5 Å². The van der Waals surface area contributed by atoms with E-state index in [1.54, 1.807) is 13.8 Å². The van der Waals surface area contributed by atoms with Gasteiger partial charge in [-0.3, -0.25) is 4.79 Å². The lowest BCUT2D eigenvalue weighted by molar-refractivity contribution is -0.116. The van der Waals surface area contributed by atoms with Gasteiger partial charge in [0.1, 0.15) is 5.78 Å². The van der Waals surface area contributed by atoms with Crippen LogP contribution in [0, 0.1) is 0 Å². The van der Waals surface area contributed by atoms with Crippen molar-refractivity contribution in [3.8, 4) is 11.1 Å². The number of fused-ring (bicyclic) bond motifs is 3. The van der Waals surface area contributed by atoms with Gasteiger partial charge >= 0.3 is 0 Å². The van der Waals surface area contributed by atoms with Crippen molar-refractivity contribution in [2.45, 2.75) is 38.5 Å². The normalized spacial score (nSPS) is 13.0. The Labute approximate surface area is 156 Å². The smallest absolute Gasteiger partial charge is 0.134 e. The number of rotatable bonds is 6. The van der Waals surface area contributed by atoms with Gasteiger partial charge in [0.2, 0.25) is 0 Å². The summed E-state index contributed by atoms with van der Waals surface area (Å²) in [5.74, 6) is 0.193. The Morgan fingerprint density at radius 2 is 1.62 bits per heavy atom. The quantitative estimate of drug-likeness (QED) is 0.725. The lowest BCUT2D eigenvalue weighted by atomic mass is 9.72. The number of benzene rings is 2. The summed E-state index contributed by atoms with van der Waals surface area (Å²) < 4.78 is 0. The van der Waals surface area contributed by atoms with E-state index >= 15 is 0 Å². The van der Waals surface area contributed by atoms with Crippen LogP contribution in [0.3, 0.4) is 0 Å². The van der Waals surface area contributed by atoms with Gasteiger partial charge in [0, 0.05) is 18.4 Å². The maximum absolute atomic E-state index is 11.5. The fraction of sp³-hybridized carbons (Fsp3) is 0.292. The lowest BCUT2D eigenvalue weighted by Gasteiger charge is -2.30. The molecule has 2 heteroatoms. The molecule has 0 fully saturated rings. The molecule has 1 aliphatic carbocycles. The summed E-state index contributed by atoms with van der Waals surface area (Å²) in [4.78, 5) is 11.5. The standard InChI is InChI=1S/C22H22O.C2H6O/c1-4-12-22(13-5-2)20-9-7-6-8-18(20)19-11-10-17(14-16(3)23)15-21(19)22;1-2-3/h4-11,15H,1-2,12-14H2,3H3;3H,2H2,1H3. The number of Topliss-reactive ketones (excluding diaryl/α,β-unsaturated/α-hetero) is 1. The van der Waals surface area contributed by atoms with E-state index in [1.807, 2.05) is 12.2 Å². The van der Waals surface area contributed by atoms with Gasteiger partial charge in [-0.2, -0.15) is 0 Å². The third-order valence-electron chi connectivity index (χ3n) is 4.77. The van der Waals surface area contributed by atoms with E-state index in [9.17, 15) is 4.79 Å². The minimum absolute atomic E-state index is 0.109. The molecule has 0 amide bonds. The second kappa shape index (κ2) is 8.77. The Balaban J connectivity index is 0.000000758. The largest absolute Gasteiger partial charge is 0.397 e. The average molecular weight is 348 g/mol. The van der Waals surface area contributed by atoms with Gasteiger partial charge in [0.05, 0.1) is 0 Å². The second-order valence-corrected chi connectivity index (χ2v) is 6.69. The van der Waals surface area contributed by atoms with Crippen LogP contribution in [0.25, 0.3) is 11.1 Å². The molecule has 0 saturated heterocycles. The zero-order valence-corrected chi connectivity index (χ0v) is 15.8. The maximum Gasteiger partial charge on any atom is 0.134 e. The molecule has 0 heterocycles. The van der Waals surface area contributed by atoms with Gasteiger partial charge in [0.25, 0.3) is 0 Å². The van der Waals surface area contributed by atoms with Crippen molar-refractivity contribution in [2.75, 3.05) is 6.61 Å². The SMILES string of the molecule is C=CCC1(CC=C)c2ccccc2-c2ccc(CC(C)=O)cc21.CCO. The van der Waals surface area contributed by atoms with E-state index < -0.39 is 0 Å². The van der Waals surface area contributed by atoms with Gasteiger partial charge in [-0.15, -0.1) is 13.2 Å². The van der Waals surface area contributed by atoms with Crippen LogP contribution in [0.1, 0.15) is 43.4 Å². The van der Waals surface area contributed by atoms with Crippen LogP contribution in [0.5, 0.6) is 0 Å². The van der Waals surface area contributed by atoms with Crippen molar-refractivity contribution in [3.05, 3.63) is 84.5 Å². The molecule has 0 unspecified atom stereocenters. The van der Waals surface area contributed by atoms with Crippen LogP contribution in [-0.2, 0) is 16.6 Å². The molecule has 3 rings (SSSR count). The molecule has 2 aromatic carbocycles. The third kappa shape index (κ3) is 3.71. The summed E-state index contributed by atoms with van der Waals surface area (Å²) in [7, 11) is 0. The first-order chi connectivity index (χ1) is 12.5. The van der Waals surface area contributed by atoms with Crippen LogP contribution in [0.2, 0.25) is 0 Å². The first-order valence-corrected chi connectivity index (χ1v) is 9.09. The number of ketones is 1. The highest BCUT2D eigenvalue weighted by Gasteiger charge is 2.41. The second-order valence-electron chi connectivity index (χ2n) is 6.69. The molecule has 0 aromatic heterocycles. The number of allylic oxidation sites excluding steroid dienone is 2. The Bertz CT molecular complexity index is 792. The molecule has 0 radical (unpaired) electrons. The van der Waals surface area contributed by atoms with E-state index in [0.717, 1.165) is 18.4 Å². The maximum atomic E-state index is 11.5. The predicted molar refractivity (Wildman–Crippen MR) is 109 cm³/mol. The Morgan fingerprint density at radius 1 is 1.04 bits per heavy atom. The van der Waals surface area contributed by atoms with Gasteiger partial charge in [0.15, 0.2) is 0 Å². The van der Waals surface area contributed by atoms with Crippen molar-refractivity contribution >= 4 is 5.78 Å². The summed E-state index contributed by atoms with van der Waals surface area (Å²) in [6.07, 6.45) is 6.21. The van der Waals surface area contributed by atoms with E-state index in [-0.39, 0.29) is 17.8 Å². The molecule has 1 aliphatic rings. The van der Waals surface area contributed by atoms with E-state index in [4.69, 9.17) is 5.11 Å². The topological polar surface area (TPSA) is 37.3 Å². The van der Waals surface area contributed by atoms with Gasteiger partial charge in [-0.1, -0.05) is 54.6 Å². The highest BCUT2D eigenvalue weighted by atomic mass is 16.2. The summed E-state index contributed by atoms with van der Waals surface area (Å²) in [5, 5.41) is 7.57. The van der Waals surface area contributed by atoms with Crippen molar-refractivity contribution in [1.29, 1.82) is 0 Å². The monoisotopic (exact) mass is 348 g/mol. The predicted octanol–water partition coefficient (Wildman–Crippen LogP) is 5.24.